The average molecular weight is 883 g/mol. The Bertz CT molecular complexity index is 4300. The molecule has 4 heterocycles. The lowest BCUT2D eigenvalue weighted by Gasteiger charge is -2.10. The SMILES string of the molecule is c1ccc(-c2ccc3oc4cc(-c5nc(-c6ccccc6)nc(-c6cccc7oc8ccc(-c9cccc(-c%10ccc%11c(c%10)c%10ccccc%10n%11-c%10ccccc%10)c9)cc8c67)n5)ccc4c3c2)cc1. The van der Waals surface area contributed by atoms with Crippen molar-refractivity contribution < 1.29 is 8.83 Å². The number of hydrogen-bond acceptors (Lipinski definition) is 5. The summed E-state index contributed by atoms with van der Waals surface area (Å²) in [5.74, 6) is 1.69. The normalized spacial score (nSPS) is 11.8. The topological polar surface area (TPSA) is 69.9 Å². The molecule has 4 aromatic heterocycles. The Balaban J connectivity index is 0.873. The van der Waals surface area contributed by atoms with E-state index >= 15 is 0 Å². The van der Waals surface area contributed by atoms with Crippen molar-refractivity contribution in [2.75, 3.05) is 0 Å². The summed E-state index contributed by atoms with van der Waals surface area (Å²) in [6.07, 6.45) is 0. The molecule has 0 saturated carbocycles. The van der Waals surface area contributed by atoms with Gasteiger partial charge in [-0.15, -0.1) is 0 Å². The number of aromatic nitrogens is 4. The van der Waals surface area contributed by atoms with Crippen LogP contribution in [0.4, 0.5) is 0 Å². The number of benzene rings is 10. The van der Waals surface area contributed by atoms with Gasteiger partial charge in [0, 0.05) is 54.7 Å². The fraction of sp³-hybridized carbons (Fsp3) is 0. The fourth-order valence-corrected chi connectivity index (χ4v) is 10.1. The molecule has 0 N–H and O–H groups in total. The number of rotatable bonds is 7. The maximum atomic E-state index is 6.57. The largest absolute Gasteiger partial charge is 0.456 e. The molecule has 14 aromatic rings. The molecular formula is C63H38N4O2. The van der Waals surface area contributed by atoms with Gasteiger partial charge in [0.05, 0.1) is 11.0 Å². The van der Waals surface area contributed by atoms with E-state index < -0.39 is 0 Å². The van der Waals surface area contributed by atoms with Crippen molar-refractivity contribution in [3.05, 3.63) is 231 Å². The average Bonchev–Trinajstić information content (AvgIpc) is 4.10. The van der Waals surface area contributed by atoms with Crippen LogP contribution in [0.3, 0.4) is 0 Å². The van der Waals surface area contributed by atoms with Crippen molar-refractivity contribution in [2.24, 2.45) is 0 Å². The number of furan rings is 2. The molecule has 0 atom stereocenters. The number of fused-ring (bicyclic) bond motifs is 9. The van der Waals surface area contributed by atoms with Crippen LogP contribution < -0.4 is 0 Å². The van der Waals surface area contributed by atoms with Gasteiger partial charge in [-0.1, -0.05) is 152 Å². The summed E-state index contributed by atoms with van der Waals surface area (Å²) >= 11 is 0. The number of hydrogen-bond donors (Lipinski definition) is 0. The van der Waals surface area contributed by atoms with E-state index in [1.165, 1.54) is 21.8 Å². The van der Waals surface area contributed by atoms with E-state index in [1.807, 2.05) is 54.6 Å². The summed E-state index contributed by atoms with van der Waals surface area (Å²) in [4.78, 5) is 15.5. The Morgan fingerprint density at radius 2 is 0.812 bits per heavy atom. The van der Waals surface area contributed by atoms with Crippen LogP contribution in [0.5, 0.6) is 0 Å². The monoisotopic (exact) mass is 882 g/mol. The highest BCUT2D eigenvalue weighted by Crippen LogP contribution is 2.41. The quantitative estimate of drug-likeness (QED) is 0.159. The lowest BCUT2D eigenvalue weighted by atomic mass is 9.96. The summed E-state index contributed by atoms with van der Waals surface area (Å²) in [6.45, 7) is 0. The highest BCUT2D eigenvalue weighted by atomic mass is 16.3. The maximum Gasteiger partial charge on any atom is 0.164 e. The molecule has 0 aliphatic heterocycles. The smallest absolute Gasteiger partial charge is 0.164 e. The van der Waals surface area contributed by atoms with Crippen LogP contribution in [0.1, 0.15) is 0 Å². The van der Waals surface area contributed by atoms with Crippen LogP contribution in [0, 0.1) is 0 Å². The second-order valence-corrected chi connectivity index (χ2v) is 17.6. The molecule has 69 heavy (non-hydrogen) atoms. The molecule has 0 aliphatic rings. The van der Waals surface area contributed by atoms with Gasteiger partial charge in [0.1, 0.15) is 22.3 Å². The van der Waals surface area contributed by atoms with Crippen molar-refractivity contribution in [3.63, 3.8) is 0 Å². The maximum absolute atomic E-state index is 6.57. The Morgan fingerprint density at radius 1 is 0.275 bits per heavy atom. The zero-order valence-electron chi connectivity index (χ0n) is 37.0. The standard InChI is InChI=1S/C63H38N4O2/c1-4-14-39(15-5-1)43-28-32-56-52(36-43)49-30-26-46(38-59(49)69-56)62-64-61(40-16-6-2-7-17-40)65-63(66-62)50-23-13-25-58-60(50)53-37-45(29-33-57(53)68-58)42-19-12-18-41(34-42)44-27-31-55-51(35-44)48-22-10-11-24-54(48)67(55)47-20-8-3-9-21-47/h1-38H. The molecular weight excluding hydrogens is 845 g/mol. The minimum atomic E-state index is 0.552. The first-order valence-corrected chi connectivity index (χ1v) is 23.2. The van der Waals surface area contributed by atoms with Crippen molar-refractivity contribution in [1.82, 2.24) is 19.5 Å². The third-order valence-corrected chi connectivity index (χ3v) is 13.5. The van der Waals surface area contributed by atoms with Gasteiger partial charge in [-0.2, -0.15) is 0 Å². The van der Waals surface area contributed by atoms with E-state index in [0.717, 1.165) is 99.6 Å². The molecule has 10 aromatic carbocycles. The molecule has 0 radical (unpaired) electrons. The van der Waals surface area contributed by atoms with Gasteiger partial charge in [0.15, 0.2) is 17.5 Å². The fourth-order valence-electron chi connectivity index (χ4n) is 10.1. The molecule has 0 fully saturated rings. The van der Waals surface area contributed by atoms with Gasteiger partial charge in [0.2, 0.25) is 0 Å². The van der Waals surface area contributed by atoms with Crippen LogP contribution in [0.15, 0.2) is 239 Å². The number of nitrogens with zero attached hydrogens (tertiary/aromatic N) is 4. The highest BCUT2D eigenvalue weighted by Gasteiger charge is 2.20. The minimum absolute atomic E-state index is 0.552. The van der Waals surface area contributed by atoms with E-state index in [1.54, 1.807) is 0 Å². The molecule has 0 aliphatic carbocycles. The Kier molecular flexibility index (Phi) is 8.79. The van der Waals surface area contributed by atoms with Crippen LogP contribution in [-0.4, -0.2) is 19.5 Å². The van der Waals surface area contributed by atoms with Crippen LogP contribution in [0.2, 0.25) is 0 Å². The first-order valence-electron chi connectivity index (χ1n) is 23.2. The van der Waals surface area contributed by atoms with E-state index in [-0.39, 0.29) is 0 Å². The minimum Gasteiger partial charge on any atom is -0.456 e. The van der Waals surface area contributed by atoms with Gasteiger partial charge >= 0.3 is 0 Å². The summed E-state index contributed by atoms with van der Waals surface area (Å²) in [5.41, 5.74) is 16.1. The van der Waals surface area contributed by atoms with Crippen LogP contribution in [0.25, 0.3) is 139 Å². The molecule has 0 spiro atoms. The number of para-hydroxylation sites is 2. The third-order valence-electron chi connectivity index (χ3n) is 13.5. The second-order valence-electron chi connectivity index (χ2n) is 17.6. The first kappa shape index (κ1) is 38.8. The van der Waals surface area contributed by atoms with Crippen LogP contribution in [-0.2, 0) is 0 Å². The molecule has 14 rings (SSSR count). The van der Waals surface area contributed by atoms with Gasteiger partial charge in [0.25, 0.3) is 0 Å². The van der Waals surface area contributed by atoms with E-state index in [0.29, 0.717) is 17.5 Å². The predicted octanol–water partition coefficient (Wildman–Crippen LogP) is 16.8. The zero-order chi connectivity index (χ0) is 45.4. The summed E-state index contributed by atoms with van der Waals surface area (Å²) in [7, 11) is 0. The van der Waals surface area contributed by atoms with E-state index in [9.17, 15) is 0 Å². The first-order chi connectivity index (χ1) is 34.2. The van der Waals surface area contributed by atoms with E-state index in [4.69, 9.17) is 23.8 Å². The van der Waals surface area contributed by atoms with Crippen molar-refractivity contribution in [3.8, 4) is 73.2 Å². The van der Waals surface area contributed by atoms with Gasteiger partial charge in [-0.3, -0.25) is 0 Å². The summed E-state index contributed by atoms with van der Waals surface area (Å²) in [6, 6.07) is 80.5. The van der Waals surface area contributed by atoms with Gasteiger partial charge < -0.3 is 13.4 Å². The van der Waals surface area contributed by atoms with Crippen LogP contribution >= 0.6 is 0 Å². The van der Waals surface area contributed by atoms with Gasteiger partial charge in [-0.25, -0.2) is 15.0 Å². The lowest BCUT2D eigenvalue weighted by molar-refractivity contribution is 0.668. The lowest BCUT2D eigenvalue weighted by Crippen LogP contribution is -2.00. The highest BCUT2D eigenvalue weighted by molar-refractivity contribution is 6.13. The molecule has 0 bridgehead atoms. The zero-order valence-corrected chi connectivity index (χ0v) is 37.0. The molecule has 0 saturated heterocycles. The Morgan fingerprint density at radius 3 is 1.59 bits per heavy atom. The van der Waals surface area contributed by atoms with Crippen molar-refractivity contribution in [1.29, 1.82) is 0 Å². The Hall–Kier alpha value is -9.39. The molecule has 0 unspecified atom stereocenters. The molecule has 6 nitrogen and oxygen atoms in total. The summed E-state index contributed by atoms with van der Waals surface area (Å²) < 4.78 is 15.4. The van der Waals surface area contributed by atoms with E-state index in [2.05, 4.69) is 180 Å². The molecule has 322 valence electrons. The van der Waals surface area contributed by atoms with Crippen molar-refractivity contribution in [2.45, 2.75) is 0 Å². The summed E-state index contributed by atoms with van der Waals surface area (Å²) in [5, 5.41) is 6.49. The van der Waals surface area contributed by atoms with Gasteiger partial charge in [-0.05, 0) is 112 Å². The molecule has 0 amide bonds. The Labute approximate surface area is 396 Å². The second kappa shape index (κ2) is 15.6. The third kappa shape index (κ3) is 6.53. The predicted molar refractivity (Wildman–Crippen MR) is 281 cm³/mol. The van der Waals surface area contributed by atoms with Crippen molar-refractivity contribution >= 4 is 65.7 Å². The molecule has 6 heteroatoms.